The number of rotatable bonds is 8. The largest absolute Gasteiger partial charge is 0.300 e. The summed E-state index contributed by atoms with van der Waals surface area (Å²) in [5.41, 5.74) is 0. The lowest BCUT2D eigenvalue weighted by Gasteiger charge is -2.00. The summed E-state index contributed by atoms with van der Waals surface area (Å²) in [6.45, 7) is 3.67. The van der Waals surface area contributed by atoms with Gasteiger partial charge in [0, 0.05) is 18.6 Å². The maximum atomic E-state index is 11.2. The van der Waals surface area contributed by atoms with Gasteiger partial charge in [0.25, 0.3) is 0 Å². The van der Waals surface area contributed by atoms with E-state index in [1.807, 2.05) is 6.92 Å². The SMILES string of the molecule is CCCCC(=O)CCCS(=O)(=O)CC. The van der Waals surface area contributed by atoms with Crippen molar-refractivity contribution in [2.45, 2.75) is 46.0 Å². The molecule has 0 aliphatic carbocycles. The molecular formula is C10H20O3S. The molecule has 0 rings (SSSR count). The summed E-state index contributed by atoms with van der Waals surface area (Å²) >= 11 is 0. The maximum Gasteiger partial charge on any atom is 0.150 e. The van der Waals surface area contributed by atoms with E-state index in [-0.39, 0.29) is 17.3 Å². The molecule has 0 aromatic carbocycles. The molecule has 0 N–H and O–H groups in total. The molecule has 0 saturated carbocycles. The summed E-state index contributed by atoms with van der Waals surface area (Å²) in [5.74, 6) is 0.524. The number of sulfone groups is 1. The second-order valence-electron chi connectivity index (χ2n) is 3.48. The Kier molecular flexibility index (Phi) is 6.79. The highest BCUT2D eigenvalue weighted by Gasteiger charge is 2.08. The summed E-state index contributed by atoms with van der Waals surface area (Å²) in [6.07, 6.45) is 3.43. The van der Waals surface area contributed by atoms with Crippen LogP contribution in [0.25, 0.3) is 0 Å². The van der Waals surface area contributed by atoms with E-state index in [9.17, 15) is 13.2 Å². The quantitative estimate of drug-likeness (QED) is 0.628. The molecule has 0 aliphatic rings. The molecule has 0 amide bonds. The molecule has 14 heavy (non-hydrogen) atoms. The summed E-state index contributed by atoms with van der Waals surface area (Å²) in [6, 6.07) is 0. The fourth-order valence-electron chi connectivity index (χ4n) is 1.13. The minimum Gasteiger partial charge on any atom is -0.300 e. The van der Waals surface area contributed by atoms with Gasteiger partial charge in [-0.2, -0.15) is 0 Å². The van der Waals surface area contributed by atoms with E-state index in [1.54, 1.807) is 6.92 Å². The van der Waals surface area contributed by atoms with Gasteiger partial charge in [-0.1, -0.05) is 20.3 Å². The van der Waals surface area contributed by atoms with E-state index in [0.29, 0.717) is 19.3 Å². The number of hydrogen-bond acceptors (Lipinski definition) is 3. The number of Topliss-reactive ketones (excluding diaryl/α,β-unsaturated/α-hetero) is 1. The van der Waals surface area contributed by atoms with Crippen molar-refractivity contribution in [1.82, 2.24) is 0 Å². The van der Waals surface area contributed by atoms with Crippen LogP contribution in [0.4, 0.5) is 0 Å². The van der Waals surface area contributed by atoms with E-state index < -0.39 is 9.84 Å². The van der Waals surface area contributed by atoms with Crippen molar-refractivity contribution in [3.05, 3.63) is 0 Å². The molecule has 3 nitrogen and oxygen atoms in total. The van der Waals surface area contributed by atoms with Crippen LogP contribution in [-0.2, 0) is 14.6 Å². The van der Waals surface area contributed by atoms with Gasteiger partial charge in [0.2, 0.25) is 0 Å². The Balaban J connectivity index is 3.59. The molecular weight excluding hydrogens is 200 g/mol. The first kappa shape index (κ1) is 13.6. The molecule has 4 heteroatoms. The lowest BCUT2D eigenvalue weighted by molar-refractivity contribution is -0.119. The van der Waals surface area contributed by atoms with Crippen molar-refractivity contribution < 1.29 is 13.2 Å². The minimum absolute atomic E-state index is 0.154. The molecule has 0 heterocycles. The van der Waals surface area contributed by atoms with Gasteiger partial charge in [-0.25, -0.2) is 8.42 Å². The van der Waals surface area contributed by atoms with Crippen LogP contribution >= 0.6 is 0 Å². The van der Waals surface area contributed by atoms with E-state index in [2.05, 4.69) is 0 Å². The van der Waals surface area contributed by atoms with Gasteiger partial charge in [0.05, 0.1) is 5.75 Å². The Labute approximate surface area is 86.8 Å². The molecule has 0 bridgehead atoms. The van der Waals surface area contributed by atoms with Crippen LogP contribution in [0, 0.1) is 0 Å². The van der Waals surface area contributed by atoms with Gasteiger partial charge in [-0.05, 0) is 12.8 Å². The van der Waals surface area contributed by atoms with Crippen molar-refractivity contribution in [3.8, 4) is 0 Å². The molecule has 0 radical (unpaired) electrons. The minimum atomic E-state index is -2.89. The molecule has 0 unspecified atom stereocenters. The summed E-state index contributed by atoms with van der Waals surface area (Å²) < 4.78 is 22.2. The van der Waals surface area contributed by atoms with Crippen molar-refractivity contribution >= 4 is 15.6 Å². The van der Waals surface area contributed by atoms with E-state index in [1.165, 1.54) is 0 Å². The zero-order valence-corrected chi connectivity index (χ0v) is 9.90. The van der Waals surface area contributed by atoms with Crippen LogP contribution in [-0.4, -0.2) is 25.7 Å². The first-order valence-electron chi connectivity index (χ1n) is 5.24. The molecule has 0 aliphatic heterocycles. The second-order valence-corrected chi connectivity index (χ2v) is 5.95. The standard InChI is InChI=1S/C10H20O3S/c1-3-5-7-10(11)8-6-9-14(12,13)4-2/h3-9H2,1-2H3. The third-order valence-corrected chi connectivity index (χ3v) is 3.95. The van der Waals surface area contributed by atoms with Gasteiger partial charge in [0.1, 0.15) is 15.6 Å². The average molecular weight is 220 g/mol. The number of carbonyl (C=O) groups excluding carboxylic acids is 1. The van der Waals surface area contributed by atoms with Gasteiger partial charge < -0.3 is 0 Å². The number of ketones is 1. The highest BCUT2D eigenvalue weighted by Crippen LogP contribution is 2.03. The fraction of sp³-hybridized carbons (Fsp3) is 0.900. The summed E-state index contributed by atoms with van der Waals surface area (Å²) in [7, 11) is -2.89. The molecule has 84 valence electrons. The predicted octanol–water partition coefficient (Wildman–Crippen LogP) is 1.96. The number of carbonyl (C=O) groups is 1. The third kappa shape index (κ3) is 7.06. The molecule has 0 aromatic heterocycles. The Morgan fingerprint density at radius 3 is 2.14 bits per heavy atom. The van der Waals surface area contributed by atoms with Gasteiger partial charge in [-0.3, -0.25) is 4.79 Å². The van der Waals surface area contributed by atoms with Crippen molar-refractivity contribution in [2.75, 3.05) is 11.5 Å². The van der Waals surface area contributed by atoms with Crippen LogP contribution in [0.2, 0.25) is 0 Å². The topological polar surface area (TPSA) is 51.2 Å². The second kappa shape index (κ2) is 6.98. The molecule has 0 atom stereocenters. The monoisotopic (exact) mass is 220 g/mol. The Morgan fingerprint density at radius 2 is 1.64 bits per heavy atom. The first-order valence-corrected chi connectivity index (χ1v) is 7.06. The van der Waals surface area contributed by atoms with E-state index >= 15 is 0 Å². The number of unbranched alkanes of at least 4 members (excludes halogenated alkanes) is 1. The first-order chi connectivity index (χ1) is 6.52. The molecule has 0 fully saturated rings. The van der Waals surface area contributed by atoms with Gasteiger partial charge in [0.15, 0.2) is 0 Å². The Hall–Kier alpha value is -0.380. The molecule has 0 aromatic rings. The zero-order chi connectivity index (χ0) is 11.0. The predicted molar refractivity (Wildman–Crippen MR) is 58.1 cm³/mol. The highest BCUT2D eigenvalue weighted by atomic mass is 32.2. The van der Waals surface area contributed by atoms with Crippen LogP contribution < -0.4 is 0 Å². The molecule has 0 saturated heterocycles. The Morgan fingerprint density at radius 1 is 1.07 bits per heavy atom. The van der Waals surface area contributed by atoms with E-state index in [0.717, 1.165) is 12.8 Å². The lowest BCUT2D eigenvalue weighted by atomic mass is 10.1. The fourth-order valence-corrected chi connectivity index (χ4v) is 2.01. The van der Waals surface area contributed by atoms with E-state index in [4.69, 9.17) is 0 Å². The normalized spacial score (nSPS) is 11.6. The van der Waals surface area contributed by atoms with Crippen molar-refractivity contribution in [1.29, 1.82) is 0 Å². The summed E-state index contributed by atoms with van der Waals surface area (Å²) in [4.78, 5) is 11.2. The van der Waals surface area contributed by atoms with Crippen LogP contribution in [0.3, 0.4) is 0 Å². The van der Waals surface area contributed by atoms with Crippen molar-refractivity contribution in [3.63, 3.8) is 0 Å². The van der Waals surface area contributed by atoms with Crippen LogP contribution in [0.15, 0.2) is 0 Å². The smallest absolute Gasteiger partial charge is 0.150 e. The molecule has 0 spiro atoms. The average Bonchev–Trinajstić information content (AvgIpc) is 2.14. The lowest BCUT2D eigenvalue weighted by Crippen LogP contribution is -2.10. The Bertz CT molecular complexity index is 255. The summed E-state index contributed by atoms with van der Waals surface area (Å²) in [5, 5.41) is 0. The number of hydrogen-bond donors (Lipinski definition) is 0. The van der Waals surface area contributed by atoms with Crippen molar-refractivity contribution in [2.24, 2.45) is 0 Å². The van der Waals surface area contributed by atoms with Crippen LogP contribution in [0.5, 0.6) is 0 Å². The highest BCUT2D eigenvalue weighted by molar-refractivity contribution is 7.91. The van der Waals surface area contributed by atoms with Crippen LogP contribution in [0.1, 0.15) is 46.0 Å². The van der Waals surface area contributed by atoms with Gasteiger partial charge >= 0.3 is 0 Å². The maximum absolute atomic E-state index is 11.2. The third-order valence-electron chi connectivity index (χ3n) is 2.16. The zero-order valence-electron chi connectivity index (χ0n) is 9.08. The van der Waals surface area contributed by atoms with Gasteiger partial charge in [-0.15, -0.1) is 0 Å².